The van der Waals surface area contributed by atoms with Gasteiger partial charge in [0, 0.05) is 30.3 Å². The Hall–Kier alpha value is -2.99. The van der Waals surface area contributed by atoms with Crippen molar-refractivity contribution in [3.05, 3.63) is 65.9 Å². The minimum atomic E-state index is -1.82. The van der Waals surface area contributed by atoms with Gasteiger partial charge in [-0.15, -0.1) is 0 Å². The lowest BCUT2D eigenvalue weighted by molar-refractivity contribution is -0.159. The highest BCUT2D eigenvalue weighted by atomic mass is 16.4. The zero-order valence-electron chi connectivity index (χ0n) is 15.1. The van der Waals surface area contributed by atoms with Crippen molar-refractivity contribution in [3.8, 4) is 11.3 Å². The minimum absolute atomic E-state index is 0.205. The van der Waals surface area contributed by atoms with E-state index in [1.54, 1.807) is 0 Å². The van der Waals surface area contributed by atoms with Gasteiger partial charge in [0.05, 0.1) is 5.69 Å². The fourth-order valence-corrected chi connectivity index (χ4v) is 3.55. The quantitative estimate of drug-likeness (QED) is 0.627. The maximum absolute atomic E-state index is 9.10. The van der Waals surface area contributed by atoms with Crippen LogP contribution < -0.4 is 0 Å². The van der Waals surface area contributed by atoms with Crippen LogP contribution >= 0.6 is 0 Å². The second-order valence-corrected chi connectivity index (χ2v) is 6.95. The van der Waals surface area contributed by atoms with E-state index in [1.165, 1.54) is 29.7 Å². The zero-order chi connectivity index (χ0) is 19.4. The molecule has 140 valence electrons. The van der Waals surface area contributed by atoms with Crippen molar-refractivity contribution in [3.63, 3.8) is 0 Å². The average Bonchev–Trinajstić information content (AvgIpc) is 2.98. The summed E-state index contributed by atoms with van der Waals surface area (Å²) in [5.41, 5.74) is 5.10. The molecular weight excluding hydrogens is 344 g/mol. The largest absolute Gasteiger partial charge is 0.473 e. The first-order chi connectivity index (χ1) is 12.9. The molecular formula is C21H22N2O4. The number of hydrogen-bond donors (Lipinski definition) is 2. The maximum atomic E-state index is 9.10. The summed E-state index contributed by atoms with van der Waals surface area (Å²) in [6, 6.07) is 13.0. The SMILES string of the molecule is Cc1ccc(-c2ccc(C34C=CCN(CC3)C4)cn2)cc1.O=C(O)C(=O)O. The van der Waals surface area contributed by atoms with Gasteiger partial charge in [0.25, 0.3) is 0 Å². The van der Waals surface area contributed by atoms with Gasteiger partial charge in [-0.3, -0.25) is 9.88 Å². The maximum Gasteiger partial charge on any atom is 0.414 e. The Morgan fingerprint density at radius 1 is 1.07 bits per heavy atom. The number of carboxylic acid groups (broad SMARTS) is 2. The van der Waals surface area contributed by atoms with E-state index in [0.717, 1.165) is 18.8 Å². The number of aryl methyl sites for hydroxylation is 1. The van der Waals surface area contributed by atoms with Crippen molar-refractivity contribution in [1.82, 2.24) is 9.88 Å². The molecule has 0 spiro atoms. The van der Waals surface area contributed by atoms with E-state index in [9.17, 15) is 0 Å². The van der Waals surface area contributed by atoms with Gasteiger partial charge in [0.15, 0.2) is 0 Å². The van der Waals surface area contributed by atoms with Crippen LogP contribution in [0.1, 0.15) is 17.5 Å². The standard InChI is InChI=1S/C19H20N2.C2H2O4/c1-15-3-5-16(6-4-15)18-8-7-17(13-20-18)19-9-2-11-21(14-19)12-10-19;3-1(4)2(5)6/h2-9,13H,10-12,14H2,1H3;(H,3,4)(H,5,6). The van der Waals surface area contributed by atoms with Crippen LogP contribution in [0.5, 0.6) is 0 Å². The van der Waals surface area contributed by atoms with Gasteiger partial charge in [-0.1, -0.05) is 48.0 Å². The second kappa shape index (κ2) is 7.72. The van der Waals surface area contributed by atoms with Gasteiger partial charge in [0.2, 0.25) is 0 Å². The van der Waals surface area contributed by atoms with Crippen LogP contribution in [0.15, 0.2) is 54.7 Å². The lowest BCUT2D eigenvalue weighted by atomic mass is 9.79. The van der Waals surface area contributed by atoms with Crippen LogP contribution in [-0.4, -0.2) is 51.7 Å². The molecule has 0 aliphatic carbocycles. The molecule has 1 aromatic carbocycles. The molecule has 0 saturated carbocycles. The summed E-state index contributed by atoms with van der Waals surface area (Å²) in [6.45, 7) is 5.57. The topological polar surface area (TPSA) is 90.7 Å². The molecule has 2 unspecified atom stereocenters. The van der Waals surface area contributed by atoms with Crippen LogP contribution in [-0.2, 0) is 15.0 Å². The number of aromatic nitrogens is 1. The highest BCUT2D eigenvalue weighted by Crippen LogP contribution is 2.38. The van der Waals surface area contributed by atoms with Gasteiger partial charge in [-0.2, -0.15) is 0 Å². The van der Waals surface area contributed by atoms with E-state index in [2.05, 4.69) is 66.6 Å². The predicted octanol–water partition coefficient (Wildman–Crippen LogP) is 2.73. The molecule has 6 heteroatoms. The molecule has 1 aromatic heterocycles. The molecule has 6 nitrogen and oxygen atoms in total. The Bertz CT molecular complexity index is 847. The second-order valence-electron chi connectivity index (χ2n) is 6.95. The molecule has 0 radical (unpaired) electrons. The fourth-order valence-electron chi connectivity index (χ4n) is 3.55. The molecule has 1 saturated heterocycles. The van der Waals surface area contributed by atoms with E-state index in [1.807, 2.05) is 0 Å². The van der Waals surface area contributed by atoms with Crippen LogP contribution in [0.25, 0.3) is 11.3 Å². The number of rotatable bonds is 2. The van der Waals surface area contributed by atoms with Gasteiger partial charge >= 0.3 is 11.9 Å². The van der Waals surface area contributed by atoms with Gasteiger partial charge < -0.3 is 10.2 Å². The summed E-state index contributed by atoms with van der Waals surface area (Å²) in [6.07, 6.45) is 8.01. The van der Waals surface area contributed by atoms with Crippen molar-refractivity contribution in [2.24, 2.45) is 0 Å². The van der Waals surface area contributed by atoms with Gasteiger partial charge in [-0.05, 0) is 31.5 Å². The van der Waals surface area contributed by atoms with Crippen LogP contribution in [0.4, 0.5) is 0 Å². The summed E-state index contributed by atoms with van der Waals surface area (Å²) in [5, 5.41) is 14.8. The number of carboxylic acids is 2. The molecule has 2 aliphatic rings. The third-order valence-corrected chi connectivity index (χ3v) is 5.05. The van der Waals surface area contributed by atoms with E-state index in [0.29, 0.717) is 0 Å². The molecule has 2 aromatic rings. The Labute approximate surface area is 157 Å². The predicted molar refractivity (Wildman–Crippen MR) is 102 cm³/mol. The summed E-state index contributed by atoms with van der Waals surface area (Å²) in [7, 11) is 0. The summed E-state index contributed by atoms with van der Waals surface area (Å²) in [5.74, 6) is -3.65. The lowest BCUT2D eigenvalue weighted by Crippen LogP contribution is -2.33. The molecule has 2 N–H and O–H groups in total. The Balaban J connectivity index is 0.000000307. The molecule has 0 amide bonds. The van der Waals surface area contributed by atoms with Gasteiger partial charge in [0.1, 0.15) is 0 Å². The van der Waals surface area contributed by atoms with Crippen molar-refractivity contribution >= 4 is 11.9 Å². The molecule has 2 atom stereocenters. The number of benzene rings is 1. The van der Waals surface area contributed by atoms with Crippen molar-refractivity contribution in [1.29, 1.82) is 0 Å². The van der Waals surface area contributed by atoms with Crippen molar-refractivity contribution in [2.75, 3.05) is 19.6 Å². The molecule has 2 aliphatic heterocycles. The summed E-state index contributed by atoms with van der Waals surface area (Å²) in [4.78, 5) is 25.4. The summed E-state index contributed by atoms with van der Waals surface area (Å²) >= 11 is 0. The van der Waals surface area contributed by atoms with Crippen LogP contribution in [0.3, 0.4) is 0 Å². The normalized spacial score (nSPS) is 22.6. The first-order valence-corrected chi connectivity index (χ1v) is 8.79. The lowest BCUT2D eigenvalue weighted by Gasteiger charge is -2.29. The van der Waals surface area contributed by atoms with E-state index in [4.69, 9.17) is 24.8 Å². The monoisotopic (exact) mass is 366 g/mol. The Morgan fingerprint density at radius 2 is 1.78 bits per heavy atom. The number of fused-ring (bicyclic) bond motifs is 2. The highest BCUT2D eigenvalue weighted by Gasteiger charge is 2.39. The van der Waals surface area contributed by atoms with Gasteiger partial charge in [-0.25, -0.2) is 9.59 Å². The molecule has 1 fully saturated rings. The van der Waals surface area contributed by atoms with E-state index in [-0.39, 0.29) is 5.41 Å². The third kappa shape index (κ3) is 4.23. The first kappa shape index (κ1) is 18.8. The third-order valence-electron chi connectivity index (χ3n) is 5.05. The molecule has 27 heavy (non-hydrogen) atoms. The number of aliphatic carboxylic acids is 2. The zero-order valence-corrected chi connectivity index (χ0v) is 15.1. The van der Waals surface area contributed by atoms with Crippen LogP contribution in [0, 0.1) is 6.92 Å². The number of nitrogens with zero attached hydrogens (tertiary/aromatic N) is 2. The molecule has 4 rings (SSSR count). The van der Waals surface area contributed by atoms with Crippen LogP contribution in [0.2, 0.25) is 0 Å². The number of hydrogen-bond acceptors (Lipinski definition) is 4. The Morgan fingerprint density at radius 3 is 2.37 bits per heavy atom. The highest BCUT2D eigenvalue weighted by molar-refractivity contribution is 6.27. The Kier molecular flexibility index (Phi) is 5.37. The van der Waals surface area contributed by atoms with E-state index >= 15 is 0 Å². The first-order valence-electron chi connectivity index (χ1n) is 8.79. The fraction of sp³-hybridized carbons (Fsp3) is 0.286. The molecule has 3 heterocycles. The summed E-state index contributed by atoms with van der Waals surface area (Å²) < 4.78 is 0. The van der Waals surface area contributed by atoms with Crippen molar-refractivity contribution in [2.45, 2.75) is 18.8 Å². The smallest absolute Gasteiger partial charge is 0.414 e. The van der Waals surface area contributed by atoms with E-state index < -0.39 is 11.9 Å². The number of carbonyl (C=O) groups is 2. The number of pyridine rings is 1. The molecule has 2 bridgehead atoms. The minimum Gasteiger partial charge on any atom is -0.473 e. The van der Waals surface area contributed by atoms with Crippen molar-refractivity contribution < 1.29 is 19.8 Å². The average molecular weight is 366 g/mol.